The van der Waals surface area contributed by atoms with Crippen LogP contribution in [0.1, 0.15) is 29.7 Å². The second-order valence-electron chi connectivity index (χ2n) is 4.51. The molecule has 0 radical (unpaired) electrons. The minimum Gasteiger partial charge on any atom is -0.375 e. The zero-order chi connectivity index (χ0) is 13.7. The molecule has 1 aliphatic rings. The molecule has 6 heteroatoms. The number of rotatable bonds is 6. The summed E-state index contributed by atoms with van der Waals surface area (Å²) in [4.78, 5) is 9.02. The molecule has 0 amide bonds. The number of hydrogen-bond donors (Lipinski definition) is 1. The lowest BCUT2D eigenvalue weighted by molar-refractivity contribution is 0.0182. The smallest absolute Gasteiger partial charge is 0.261 e. The van der Waals surface area contributed by atoms with Crippen molar-refractivity contribution in [2.24, 2.45) is 0 Å². The van der Waals surface area contributed by atoms with E-state index in [1.165, 1.54) is 5.56 Å². The summed E-state index contributed by atoms with van der Waals surface area (Å²) in [5.41, 5.74) is 3.35. The topological polar surface area (TPSA) is 47.0 Å². The Morgan fingerprint density at radius 1 is 1.37 bits per heavy atom. The number of halogens is 2. The van der Waals surface area contributed by atoms with Gasteiger partial charge in [0.2, 0.25) is 0 Å². The number of alkyl halides is 2. The van der Waals surface area contributed by atoms with Gasteiger partial charge < -0.3 is 10.1 Å². The fourth-order valence-electron chi connectivity index (χ4n) is 2.21. The third-order valence-corrected chi connectivity index (χ3v) is 3.11. The molecule has 0 spiro atoms. The van der Waals surface area contributed by atoms with E-state index >= 15 is 0 Å². The summed E-state index contributed by atoms with van der Waals surface area (Å²) in [6, 6.07) is 0. The van der Waals surface area contributed by atoms with Crippen molar-refractivity contribution in [1.82, 2.24) is 15.3 Å². The van der Waals surface area contributed by atoms with E-state index in [1.807, 2.05) is 0 Å². The molecule has 2 heterocycles. The summed E-state index contributed by atoms with van der Waals surface area (Å²) in [5, 5.41) is 3.31. The van der Waals surface area contributed by atoms with E-state index in [9.17, 15) is 8.78 Å². The Hall–Kier alpha value is -1.14. The highest BCUT2D eigenvalue weighted by atomic mass is 19.3. The van der Waals surface area contributed by atoms with E-state index in [4.69, 9.17) is 4.74 Å². The van der Waals surface area contributed by atoms with Gasteiger partial charge in [0.1, 0.15) is 12.4 Å². The van der Waals surface area contributed by atoms with Crippen LogP contribution in [-0.4, -0.2) is 36.2 Å². The molecule has 1 N–H and O–H groups in total. The highest BCUT2D eigenvalue weighted by Crippen LogP contribution is 2.16. The van der Waals surface area contributed by atoms with Crippen LogP contribution in [0.15, 0.2) is 0 Å². The highest BCUT2D eigenvalue weighted by molar-refractivity contribution is 5.28. The van der Waals surface area contributed by atoms with Gasteiger partial charge in [-0.1, -0.05) is 6.92 Å². The fourth-order valence-corrected chi connectivity index (χ4v) is 2.21. The molecule has 0 fully saturated rings. The Bertz CT molecular complexity index is 409. The van der Waals surface area contributed by atoms with Gasteiger partial charge in [0, 0.05) is 37.2 Å². The predicted octanol–water partition coefficient (Wildman–Crippen LogP) is 1.51. The van der Waals surface area contributed by atoms with E-state index in [1.54, 1.807) is 0 Å². The first kappa shape index (κ1) is 14.3. The summed E-state index contributed by atoms with van der Waals surface area (Å²) in [7, 11) is 0. The quantitative estimate of drug-likeness (QED) is 0.797. The SMILES string of the molecule is CCc1nc(CCOCC(F)F)nc2c1CNCC2. The van der Waals surface area contributed by atoms with Crippen molar-refractivity contribution in [3.05, 3.63) is 22.8 Å². The molecule has 0 bridgehead atoms. The van der Waals surface area contributed by atoms with Crippen LogP contribution in [0.25, 0.3) is 0 Å². The minimum absolute atomic E-state index is 0.241. The average Bonchev–Trinajstić information content (AvgIpc) is 2.42. The summed E-state index contributed by atoms with van der Waals surface area (Å²) in [6.45, 7) is 3.53. The first-order valence-corrected chi connectivity index (χ1v) is 6.64. The first-order valence-electron chi connectivity index (χ1n) is 6.64. The lowest BCUT2D eigenvalue weighted by Gasteiger charge is -2.19. The molecule has 0 unspecified atom stereocenters. The molecular weight excluding hydrogens is 252 g/mol. The third kappa shape index (κ3) is 3.91. The van der Waals surface area contributed by atoms with E-state index in [0.717, 1.165) is 37.3 Å². The molecule has 106 valence electrons. The van der Waals surface area contributed by atoms with Crippen LogP contribution in [0, 0.1) is 0 Å². The monoisotopic (exact) mass is 271 g/mol. The van der Waals surface area contributed by atoms with Gasteiger partial charge in [-0.05, 0) is 6.42 Å². The van der Waals surface area contributed by atoms with Crippen LogP contribution >= 0.6 is 0 Å². The van der Waals surface area contributed by atoms with Gasteiger partial charge in [-0.25, -0.2) is 18.7 Å². The van der Waals surface area contributed by atoms with Crippen molar-refractivity contribution in [3.63, 3.8) is 0 Å². The van der Waals surface area contributed by atoms with Crippen molar-refractivity contribution in [1.29, 1.82) is 0 Å². The van der Waals surface area contributed by atoms with Gasteiger partial charge in [0.05, 0.1) is 12.3 Å². The van der Waals surface area contributed by atoms with E-state index in [-0.39, 0.29) is 6.61 Å². The van der Waals surface area contributed by atoms with E-state index < -0.39 is 13.0 Å². The van der Waals surface area contributed by atoms with Crippen LogP contribution in [0.5, 0.6) is 0 Å². The second kappa shape index (κ2) is 6.86. The summed E-state index contributed by atoms with van der Waals surface area (Å²) in [6.07, 6.45) is -0.171. The second-order valence-corrected chi connectivity index (χ2v) is 4.51. The molecule has 0 saturated carbocycles. The number of hydrogen-bond acceptors (Lipinski definition) is 4. The molecule has 0 atom stereocenters. The van der Waals surface area contributed by atoms with Crippen molar-refractivity contribution < 1.29 is 13.5 Å². The number of nitrogens with zero attached hydrogens (tertiary/aromatic N) is 2. The number of nitrogens with one attached hydrogen (secondary N) is 1. The standard InChI is InChI=1S/C13H19F2N3O/c1-2-10-9-7-16-5-3-11(9)18-13(17-10)4-6-19-8-12(14)15/h12,16H,2-8H2,1H3. The normalized spacial score (nSPS) is 14.7. The molecule has 1 aromatic rings. The molecule has 1 aliphatic heterocycles. The maximum atomic E-state index is 11.9. The van der Waals surface area contributed by atoms with Crippen LogP contribution in [0.2, 0.25) is 0 Å². The first-order chi connectivity index (χ1) is 9.20. The summed E-state index contributed by atoms with van der Waals surface area (Å²) >= 11 is 0. The Kier molecular flexibility index (Phi) is 5.15. The van der Waals surface area contributed by atoms with E-state index in [2.05, 4.69) is 22.2 Å². The van der Waals surface area contributed by atoms with Gasteiger partial charge in [0.25, 0.3) is 6.43 Å². The zero-order valence-corrected chi connectivity index (χ0v) is 11.1. The van der Waals surface area contributed by atoms with Crippen molar-refractivity contribution >= 4 is 0 Å². The van der Waals surface area contributed by atoms with Crippen molar-refractivity contribution in [2.75, 3.05) is 19.8 Å². The largest absolute Gasteiger partial charge is 0.375 e. The van der Waals surface area contributed by atoms with Gasteiger partial charge in [-0.3, -0.25) is 0 Å². The van der Waals surface area contributed by atoms with Gasteiger partial charge in [-0.15, -0.1) is 0 Å². The Morgan fingerprint density at radius 3 is 2.95 bits per heavy atom. The fraction of sp³-hybridized carbons (Fsp3) is 0.692. The molecule has 1 aromatic heterocycles. The molecule has 0 aromatic carbocycles. The third-order valence-electron chi connectivity index (χ3n) is 3.11. The van der Waals surface area contributed by atoms with Gasteiger partial charge in [0.15, 0.2) is 0 Å². The van der Waals surface area contributed by atoms with Crippen molar-refractivity contribution in [3.8, 4) is 0 Å². The van der Waals surface area contributed by atoms with Crippen LogP contribution in [0.4, 0.5) is 8.78 Å². The van der Waals surface area contributed by atoms with Crippen molar-refractivity contribution in [2.45, 2.75) is 39.2 Å². The summed E-state index contributed by atoms with van der Waals surface area (Å²) < 4.78 is 28.8. The molecule has 19 heavy (non-hydrogen) atoms. The maximum Gasteiger partial charge on any atom is 0.261 e. The van der Waals surface area contributed by atoms with Crippen LogP contribution in [0.3, 0.4) is 0 Å². The Balaban J connectivity index is 2.01. The number of ether oxygens (including phenoxy) is 1. The molecule has 0 saturated heterocycles. The molecule has 2 rings (SSSR count). The minimum atomic E-state index is -2.42. The zero-order valence-electron chi connectivity index (χ0n) is 11.1. The van der Waals surface area contributed by atoms with Crippen LogP contribution in [-0.2, 0) is 30.5 Å². The Labute approximate surface area is 111 Å². The average molecular weight is 271 g/mol. The number of aromatic nitrogens is 2. The lowest BCUT2D eigenvalue weighted by Crippen LogP contribution is -2.27. The maximum absolute atomic E-state index is 11.9. The summed E-state index contributed by atoms with van der Waals surface area (Å²) in [5.74, 6) is 0.701. The molecule has 4 nitrogen and oxygen atoms in total. The van der Waals surface area contributed by atoms with Gasteiger partial charge in [-0.2, -0.15) is 0 Å². The van der Waals surface area contributed by atoms with Crippen LogP contribution < -0.4 is 5.32 Å². The Morgan fingerprint density at radius 2 is 2.21 bits per heavy atom. The van der Waals surface area contributed by atoms with Gasteiger partial charge >= 0.3 is 0 Å². The predicted molar refractivity (Wildman–Crippen MR) is 67.3 cm³/mol. The van der Waals surface area contributed by atoms with E-state index in [0.29, 0.717) is 12.2 Å². The molecular formula is C13H19F2N3O. The number of aryl methyl sites for hydroxylation is 1. The number of fused-ring (bicyclic) bond motifs is 1. The molecule has 0 aliphatic carbocycles. The lowest BCUT2D eigenvalue weighted by atomic mass is 10.0. The highest BCUT2D eigenvalue weighted by Gasteiger charge is 2.16.